The van der Waals surface area contributed by atoms with Crippen molar-refractivity contribution in [1.29, 1.82) is 0 Å². The second-order valence-electron chi connectivity index (χ2n) is 3.19. The Hall–Kier alpha value is -1.55. The molecule has 0 saturated heterocycles. The molecule has 0 saturated carbocycles. The second kappa shape index (κ2) is 3.55. The van der Waals surface area contributed by atoms with E-state index in [4.69, 9.17) is 0 Å². The number of fused-ring (bicyclic) bond motifs is 1. The standard InChI is InChI=1S/C11H8O3S/c12-9-6-3-1-2-4-7(6)10(13)11(14)8(9)5-15/h1-4,12,15H,5H2. The van der Waals surface area contributed by atoms with Crippen LogP contribution in [0.2, 0.25) is 0 Å². The summed E-state index contributed by atoms with van der Waals surface area (Å²) >= 11 is 3.92. The van der Waals surface area contributed by atoms with E-state index in [1.165, 1.54) is 6.07 Å². The lowest BCUT2D eigenvalue weighted by atomic mass is 9.89. The number of benzene rings is 1. The first-order valence-corrected chi connectivity index (χ1v) is 5.01. The van der Waals surface area contributed by atoms with Crippen LogP contribution in [0.25, 0.3) is 5.76 Å². The smallest absolute Gasteiger partial charge is 0.234 e. The number of rotatable bonds is 1. The van der Waals surface area contributed by atoms with E-state index in [9.17, 15) is 14.7 Å². The minimum atomic E-state index is -0.666. The van der Waals surface area contributed by atoms with Crippen LogP contribution in [0.5, 0.6) is 0 Å². The molecular weight excluding hydrogens is 212 g/mol. The molecule has 1 aliphatic carbocycles. The molecule has 0 aromatic heterocycles. The maximum Gasteiger partial charge on any atom is 0.234 e. The molecular formula is C11H8O3S. The van der Waals surface area contributed by atoms with Crippen molar-refractivity contribution in [2.45, 2.75) is 0 Å². The fraction of sp³-hybridized carbons (Fsp3) is 0.0909. The number of aliphatic hydroxyl groups excluding tert-OH is 1. The first kappa shape index (κ1) is 9.98. The number of carbonyl (C=O) groups excluding carboxylic acids is 2. The Morgan fingerprint density at radius 1 is 1.07 bits per heavy atom. The average Bonchev–Trinajstić information content (AvgIpc) is 2.27. The lowest BCUT2D eigenvalue weighted by Gasteiger charge is -2.16. The van der Waals surface area contributed by atoms with Gasteiger partial charge in [0, 0.05) is 16.9 Å². The third-order valence-electron chi connectivity index (χ3n) is 2.35. The average molecular weight is 220 g/mol. The molecule has 0 aliphatic heterocycles. The molecule has 0 bridgehead atoms. The van der Waals surface area contributed by atoms with Crippen molar-refractivity contribution in [2.24, 2.45) is 0 Å². The molecule has 0 atom stereocenters. The van der Waals surface area contributed by atoms with Crippen LogP contribution in [0.15, 0.2) is 29.8 Å². The van der Waals surface area contributed by atoms with Crippen molar-refractivity contribution >= 4 is 30.0 Å². The Balaban J connectivity index is 2.74. The minimum Gasteiger partial charge on any atom is -0.507 e. The third-order valence-corrected chi connectivity index (χ3v) is 2.67. The van der Waals surface area contributed by atoms with Crippen molar-refractivity contribution < 1.29 is 14.7 Å². The number of aliphatic hydroxyl groups is 1. The molecule has 3 nitrogen and oxygen atoms in total. The van der Waals surface area contributed by atoms with E-state index in [0.29, 0.717) is 5.56 Å². The van der Waals surface area contributed by atoms with E-state index >= 15 is 0 Å². The quantitative estimate of drug-likeness (QED) is 0.559. The van der Waals surface area contributed by atoms with Gasteiger partial charge in [0.15, 0.2) is 0 Å². The fourth-order valence-electron chi connectivity index (χ4n) is 1.56. The summed E-state index contributed by atoms with van der Waals surface area (Å²) in [5.41, 5.74) is 0.735. The third kappa shape index (κ3) is 1.37. The van der Waals surface area contributed by atoms with Crippen molar-refractivity contribution in [1.82, 2.24) is 0 Å². The van der Waals surface area contributed by atoms with Gasteiger partial charge < -0.3 is 5.11 Å². The first-order chi connectivity index (χ1) is 7.16. The van der Waals surface area contributed by atoms with Gasteiger partial charge in [0.25, 0.3) is 0 Å². The lowest BCUT2D eigenvalue weighted by molar-refractivity contribution is -0.111. The zero-order valence-electron chi connectivity index (χ0n) is 7.73. The first-order valence-electron chi connectivity index (χ1n) is 4.38. The topological polar surface area (TPSA) is 54.4 Å². The molecule has 0 unspecified atom stereocenters. The van der Waals surface area contributed by atoms with Crippen LogP contribution in [-0.2, 0) is 4.79 Å². The molecule has 0 heterocycles. The normalized spacial score (nSPS) is 15.5. The monoisotopic (exact) mass is 220 g/mol. The molecule has 0 radical (unpaired) electrons. The maximum absolute atomic E-state index is 11.6. The summed E-state index contributed by atoms with van der Waals surface area (Å²) in [5, 5.41) is 9.77. The van der Waals surface area contributed by atoms with Gasteiger partial charge in [-0.15, -0.1) is 0 Å². The summed E-state index contributed by atoms with van der Waals surface area (Å²) in [7, 11) is 0. The van der Waals surface area contributed by atoms with Crippen LogP contribution in [-0.4, -0.2) is 22.4 Å². The number of Topliss-reactive ketones (excluding diaryl/α,β-unsaturated/α-hetero) is 2. The Kier molecular flexibility index (Phi) is 2.36. The SMILES string of the molecule is O=C1C(=O)c2ccccc2C(O)=C1CS. The summed E-state index contributed by atoms with van der Waals surface area (Å²) < 4.78 is 0. The number of thiol groups is 1. The Labute approximate surface area is 91.8 Å². The van der Waals surface area contributed by atoms with E-state index in [1.807, 2.05) is 0 Å². The summed E-state index contributed by atoms with van der Waals surface area (Å²) in [6, 6.07) is 6.50. The molecule has 1 N–H and O–H groups in total. The molecule has 76 valence electrons. The van der Waals surface area contributed by atoms with Crippen LogP contribution in [0.3, 0.4) is 0 Å². The maximum atomic E-state index is 11.6. The van der Waals surface area contributed by atoms with Crippen LogP contribution >= 0.6 is 12.6 Å². The zero-order chi connectivity index (χ0) is 11.0. The van der Waals surface area contributed by atoms with Crippen molar-refractivity contribution in [3.63, 3.8) is 0 Å². The van der Waals surface area contributed by atoms with E-state index in [1.54, 1.807) is 18.2 Å². The van der Waals surface area contributed by atoms with Crippen molar-refractivity contribution in [3.8, 4) is 0 Å². The number of ketones is 2. The summed E-state index contributed by atoms with van der Waals surface area (Å²) in [6.45, 7) is 0. The molecule has 1 aromatic rings. The second-order valence-corrected chi connectivity index (χ2v) is 3.51. The molecule has 0 spiro atoms. The van der Waals surface area contributed by atoms with E-state index in [2.05, 4.69) is 12.6 Å². The van der Waals surface area contributed by atoms with Gasteiger partial charge in [0.1, 0.15) is 5.76 Å². The predicted octanol–water partition coefficient (Wildman–Crippen LogP) is 1.65. The molecule has 0 amide bonds. The lowest BCUT2D eigenvalue weighted by Crippen LogP contribution is -2.24. The molecule has 0 fully saturated rings. The highest BCUT2D eigenvalue weighted by molar-refractivity contribution is 7.80. The van der Waals surface area contributed by atoms with Gasteiger partial charge in [-0.3, -0.25) is 9.59 Å². The van der Waals surface area contributed by atoms with Gasteiger partial charge in [0.2, 0.25) is 11.6 Å². The molecule has 4 heteroatoms. The molecule has 1 aliphatic rings. The van der Waals surface area contributed by atoms with Crippen LogP contribution < -0.4 is 0 Å². The van der Waals surface area contributed by atoms with Crippen molar-refractivity contribution in [2.75, 3.05) is 5.75 Å². The van der Waals surface area contributed by atoms with Gasteiger partial charge in [0.05, 0.1) is 5.57 Å². The highest BCUT2D eigenvalue weighted by Crippen LogP contribution is 2.27. The highest BCUT2D eigenvalue weighted by Gasteiger charge is 2.31. The fourth-order valence-corrected chi connectivity index (χ4v) is 1.86. The molecule has 2 rings (SSSR count). The number of hydrogen-bond donors (Lipinski definition) is 2. The Bertz CT molecular complexity index is 488. The van der Waals surface area contributed by atoms with Crippen LogP contribution in [0, 0.1) is 0 Å². The van der Waals surface area contributed by atoms with Gasteiger partial charge in [-0.05, 0) is 0 Å². The number of carbonyl (C=O) groups is 2. The Morgan fingerprint density at radius 3 is 2.27 bits per heavy atom. The van der Waals surface area contributed by atoms with Crippen LogP contribution in [0.1, 0.15) is 15.9 Å². The van der Waals surface area contributed by atoms with Gasteiger partial charge in [-0.2, -0.15) is 12.6 Å². The highest BCUT2D eigenvalue weighted by atomic mass is 32.1. The van der Waals surface area contributed by atoms with Gasteiger partial charge >= 0.3 is 0 Å². The predicted molar refractivity (Wildman–Crippen MR) is 59.2 cm³/mol. The molecule has 1 aromatic carbocycles. The van der Waals surface area contributed by atoms with Gasteiger partial charge in [-0.25, -0.2) is 0 Å². The number of hydrogen-bond acceptors (Lipinski definition) is 4. The largest absolute Gasteiger partial charge is 0.507 e. The zero-order valence-corrected chi connectivity index (χ0v) is 8.62. The van der Waals surface area contributed by atoms with Crippen molar-refractivity contribution in [3.05, 3.63) is 41.0 Å². The van der Waals surface area contributed by atoms with Gasteiger partial charge in [-0.1, -0.05) is 24.3 Å². The summed E-state index contributed by atoms with van der Waals surface area (Å²) in [4.78, 5) is 23.1. The summed E-state index contributed by atoms with van der Waals surface area (Å²) in [6.07, 6.45) is 0. The van der Waals surface area contributed by atoms with E-state index in [0.717, 1.165) is 0 Å². The summed E-state index contributed by atoms with van der Waals surface area (Å²) in [5.74, 6) is -1.32. The van der Waals surface area contributed by atoms with E-state index in [-0.39, 0.29) is 22.6 Å². The Morgan fingerprint density at radius 2 is 1.67 bits per heavy atom. The van der Waals surface area contributed by atoms with E-state index < -0.39 is 11.6 Å². The van der Waals surface area contributed by atoms with Crippen LogP contribution in [0.4, 0.5) is 0 Å². The minimum absolute atomic E-state index is 0.0603. The molecule has 15 heavy (non-hydrogen) atoms.